The lowest BCUT2D eigenvalue weighted by Crippen LogP contribution is -2.41. The molecular formula is C24H25N3O3. The molecular weight excluding hydrogens is 378 g/mol. The topological polar surface area (TPSA) is 56.6 Å². The summed E-state index contributed by atoms with van der Waals surface area (Å²) in [6.07, 6.45) is 2.98. The summed E-state index contributed by atoms with van der Waals surface area (Å²) in [6, 6.07) is 20.3. The SMILES string of the molecule is O=C(C1Cc2ccccc2C1)N(Cc1ccnn1-c1ccccc1)CC1OCCO1. The van der Waals surface area contributed by atoms with Crippen LogP contribution in [0, 0.1) is 5.92 Å². The van der Waals surface area contributed by atoms with Crippen LogP contribution >= 0.6 is 0 Å². The fourth-order valence-electron chi connectivity index (χ4n) is 4.36. The van der Waals surface area contributed by atoms with E-state index in [1.54, 1.807) is 6.20 Å². The third kappa shape index (κ3) is 3.88. The lowest BCUT2D eigenvalue weighted by molar-refractivity contribution is -0.142. The minimum atomic E-state index is -0.370. The summed E-state index contributed by atoms with van der Waals surface area (Å²) in [5, 5.41) is 4.48. The van der Waals surface area contributed by atoms with Crippen LogP contribution in [0.5, 0.6) is 0 Å². The molecule has 0 unspecified atom stereocenters. The fourth-order valence-corrected chi connectivity index (χ4v) is 4.36. The van der Waals surface area contributed by atoms with Gasteiger partial charge in [-0.2, -0.15) is 5.10 Å². The van der Waals surface area contributed by atoms with Gasteiger partial charge < -0.3 is 14.4 Å². The van der Waals surface area contributed by atoms with Crippen LogP contribution in [-0.4, -0.2) is 46.6 Å². The highest BCUT2D eigenvalue weighted by molar-refractivity contribution is 5.80. The molecule has 1 aliphatic heterocycles. The molecule has 1 aromatic heterocycles. The molecule has 3 aromatic rings. The number of amides is 1. The normalized spacial score (nSPS) is 16.7. The molecule has 0 spiro atoms. The van der Waals surface area contributed by atoms with E-state index >= 15 is 0 Å². The van der Waals surface area contributed by atoms with Crippen molar-refractivity contribution in [2.75, 3.05) is 19.8 Å². The van der Waals surface area contributed by atoms with Gasteiger partial charge in [-0.15, -0.1) is 0 Å². The minimum Gasteiger partial charge on any atom is -0.348 e. The Labute approximate surface area is 176 Å². The number of fused-ring (bicyclic) bond motifs is 1. The largest absolute Gasteiger partial charge is 0.348 e. The van der Waals surface area contributed by atoms with Crippen molar-refractivity contribution in [1.29, 1.82) is 0 Å². The lowest BCUT2D eigenvalue weighted by atomic mass is 10.0. The van der Waals surface area contributed by atoms with E-state index < -0.39 is 0 Å². The number of ether oxygens (including phenoxy) is 2. The standard InChI is InChI=1S/C24H25N3O3/c28-24(20-14-18-6-4-5-7-19(18)15-20)26(17-23-29-12-13-30-23)16-22-10-11-25-27(22)21-8-2-1-3-9-21/h1-11,20,23H,12-17H2. The van der Waals surface area contributed by atoms with Crippen molar-refractivity contribution >= 4 is 5.91 Å². The van der Waals surface area contributed by atoms with Crippen LogP contribution in [0.3, 0.4) is 0 Å². The molecule has 2 aliphatic rings. The van der Waals surface area contributed by atoms with Crippen molar-refractivity contribution in [2.45, 2.75) is 25.7 Å². The van der Waals surface area contributed by atoms with Gasteiger partial charge >= 0.3 is 0 Å². The van der Waals surface area contributed by atoms with Gasteiger partial charge in [0, 0.05) is 12.1 Å². The molecule has 1 aliphatic carbocycles. The summed E-state index contributed by atoms with van der Waals surface area (Å²) in [4.78, 5) is 15.4. The van der Waals surface area contributed by atoms with Gasteiger partial charge in [-0.25, -0.2) is 4.68 Å². The van der Waals surface area contributed by atoms with Crippen LogP contribution in [-0.2, 0) is 33.7 Å². The van der Waals surface area contributed by atoms with Gasteiger partial charge in [0.2, 0.25) is 5.91 Å². The van der Waals surface area contributed by atoms with E-state index in [1.165, 1.54) is 11.1 Å². The van der Waals surface area contributed by atoms with Crippen molar-refractivity contribution in [3.8, 4) is 5.69 Å². The predicted octanol–water partition coefficient (Wildman–Crippen LogP) is 2.99. The number of para-hydroxylation sites is 1. The molecule has 1 fully saturated rings. The van der Waals surface area contributed by atoms with E-state index in [4.69, 9.17) is 9.47 Å². The third-order valence-electron chi connectivity index (χ3n) is 5.85. The van der Waals surface area contributed by atoms with E-state index in [2.05, 4.69) is 17.2 Å². The Morgan fingerprint density at radius 1 is 0.967 bits per heavy atom. The molecule has 5 rings (SSSR count). The number of rotatable bonds is 6. The highest BCUT2D eigenvalue weighted by Gasteiger charge is 2.33. The zero-order valence-corrected chi connectivity index (χ0v) is 16.8. The number of benzene rings is 2. The van der Waals surface area contributed by atoms with Gasteiger partial charge in [-0.3, -0.25) is 4.79 Å². The molecule has 2 heterocycles. The number of carbonyl (C=O) groups is 1. The first-order valence-corrected chi connectivity index (χ1v) is 10.4. The maximum atomic E-state index is 13.6. The summed E-state index contributed by atoms with van der Waals surface area (Å²) in [5.41, 5.74) is 4.49. The average molecular weight is 403 g/mol. The molecule has 0 N–H and O–H groups in total. The predicted molar refractivity (Wildman–Crippen MR) is 112 cm³/mol. The van der Waals surface area contributed by atoms with Crippen molar-refractivity contribution in [1.82, 2.24) is 14.7 Å². The van der Waals surface area contributed by atoms with E-state index in [-0.39, 0.29) is 18.1 Å². The first kappa shape index (κ1) is 19.0. The van der Waals surface area contributed by atoms with Crippen LogP contribution in [0.4, 0.5) is 0 Å². The molecule has 6 heteroatoms. The van der Waals surface area contributed by atoms with Gasteiger partial charge in [-0.05, 0) is 42.2 Å². The van der Waals surface area contributed by atoms with Crippen LogP contribution in [0.2, 0.25) is 0 Å². The Morgan fingerprint density at radius 2 is 1.63 bits per heavy atom. The maximum absolute atomic E-state index is 13.6. The van der Waals surface area contributed by atoms with Crippen LogP contribution in [0.25, 0.3) is 5.69 Å². The number of hydrogen-bond donors (Lipinski definition) is 0. The van der Waals surface area contributed by atoms with Crippen LogP contribution in [0.15, 0.2) is 66.9 Å². The monoisotopic (exact) mass is 403 g/mol. The number of hydrogen-bond acceptors (Lipinski definition) is 4. The number of carbonyl (C=O) groups excluding carboxylic acids is 1. The quantitative estimate of drug-likeness (QED) is 0.635. The van der Waals surface area contributed by atoms with Crippen molar-refractivity contribution in [3.63, 3.8) is 0 Å². The Bertz CT molecular complexity index is 986. The molecule has 30 heavy (non-hydrogen) atoms. The average Bonchev–Trinajstić information content (AvgIpc) is 3.54. The van der Waals surface area contributed by atoms with Gasteiger partial charge in [0.25, 0.3) is 0 Å². The summed E-state index contributed by atoms with van der Waals surface area (Å²) >= 11 is 0. The van der Waals surface area contributed by atoms with Crippen LogP contribution < -0.4 is 0 Å². The van der Waals surface area contributed by atoms with E-state index in [0.29, 0.717) is 26.3 Å². The summed E-state index contributed by atoms with van der Waals surface area (Å²) in [6.45, 7) is 2.03. The smallest absolute Gasteiger partial charge is 0.226 e. The molecule has 1 amide bonds. The molecule has 0 saturated carbocycles. The molecule has 1 saturated heterocycles. The third-order valence-corrected chi connectivity index (χ3v) is 5.85. The molecule has 0 atom stereocenters. The first-order chi connectivity index (χ1) is 14.8. The van der Waals surface area contributed by atoms with E-state index in [1.807, 2.05) is 58.1 Å². The first-order valence-electron chi connectivity index (χ1n) is 10.4. The zero-order chi connectivity index (χ0) is 20.3. The lowest BCUT2D eigenvalue weighted by Gasteiger charge is -2.28. The highest BCUT2D eigenvalue weighted by atomic mass is 16.7. The van der Waals surface area contributed by atoms with E-state index in [0.717, 1.165) is 24.2 Å². The van der Waals surface area contributed by atoms with E-state index in [9.17, 15) is 4.79 Å². The summed E-state index contributed by atoms with van der Waals surface area (Å²) in [5.74, 6) is 0.100. The number of aromatic nitrogens is 2. The Morgan fingerprint density at radius 3 is 2.33 bits per heavy atom. The van der Waals surface area contributed by atoms with Gasteiger partial charge in [0.15, 0.2) is 6.29 Å². The number of nitrogens with zero attached hydrogens (tertiary/aromatic N) is 3. The summed E-state index contributed by atoms with van der Waals surface area (Å²) < 4.78 is 13.2. The van der Waals surface area contributed by atoms with Gasteiger partial charge in [0.05, 0.1) is 37.7 Å². The molecule has 0 radical (unpaired) electrons. The molecule has 154 valence electrons. The second-order valence-corrected chi connectivity index (χ2v) is 7.83. The molecule has 2 aromatic carbocycles. The molecule has 6 nitrogen and oxygen atoms in total. The van der Waals surface area contributed by atoms with Crippen molar-refractivity contribution in [2.24, 2.45) is 5.92 Å². The summed E-state index contributed by atoms with van der Waals surface area (Å²) in [7, 11) is 0. The maximum Gasteiger partial charge on any atom is 0.226 e. The fraction of sp³-hybridized carbons (Fsp3) is 0.333. The van der Waals surface area contributed by atoms with Gasteiger partial charge in [0.1, 0.15) is 0 Å². The van der Waals surface area contributed by atoms with Gasteiger partial charge in [-0.1, -0.05) is 42.5 Å². The van der Waals surface area contributed by atoms with Crippen molar-refractivity contribution < 1.29 is 14.3 Å². The van der Waals surface area contributed by atoms with Crippen LogP contribution in [0.1, 0.15) is 16.8 Å². The Balaban J connectivity index is 1.38. The van der Waals surface area contributed by atoms with Crippen molar-refractivity contribution in [3.05, 3.63) is 83.7 Å². The minimum absolute atomic E-state index is 0.0445. The second kappa shape index (κ2) is 8.42. The second-order valence-electron chi connectivity index (χ2n) is 7.83. The Kier molecular flexibility index (Phi) is 5.34. The molecule has 0 bridgehead atoms. The zero-order valence-electron chi connectivity index (χ0n) is 16.8. The highest BCUT2D eigenvalue weighted by Crippen LogP contribution is 2.29. The Hall–Kier alpha value is -2.96.